The summed E-state index contributed by atoms with van der Waals surface area (Å²) in [6.45, 7) is 4.73. The van der Waals surface area contributed by atoms with E-state index in [0.29, 0.717) is 6.61 Å². The van der Waals surface area contributed by atoms with E-state index in [1.54, 1.807) is 7.11 Å². The molecule has 1 aromatic carbocycles. The normalized spacial score (nSPS) is 12.6. The quantitative estimate of drug-likeness (QED) is 0.894. The molecule has 1 unspecified atom stereocenters. The lowest BCUT2D eigenvalue weighted by atomic mass is 9.97. The van der Waals surface area contributed by atoms with Crippen molar-refractivity contribution in [3.8, 4) is 0 Å². The van der Waals surface area contributed by atoms with E-state index in [9.17, 15) is 0 Å². The van der Waals surface area contributed by atoms with Crippen molar-refractivity contribution in [2.24, 2.45) is 0 Å². The highest BCUT2D eigenvalue weighted by molar-refractivity contribution is 5.36. The van der Waals surface area contributed by atoms with Crippen LogP contribution in [0.4, 0.5) is 0 Å². The Hall–Kier alpha value is -1.58. The third-order valence-electron chi connectivity index (χ3n) is 3.29. The molecule has 3 heteroatoms. The first-order valence-corrected chi connectivity index (χ1v) is 6.47. The van der Waals surface area contributed by atoms with Crippen molar-refractivity contribution in [3.05, 3.63) is 58.5 Å². The van der Waals surface area contributed by atoms with E-state index in [1.807, 2.05) is 19.2 Å². The molecule has 1 aromatic heterocycles. The van der Waals surface area contributed by atoms with Gasteiger partial charge in [0, 0.05) is 7.11 Å². The number of rotatable bonds is 5. The maximum Gasteiger partial charge on any atom is 0.129 e. The standard InChI is InChI=1S/C16H21NO2/c1-11-5-6-12(2)14(9-11)16(17-3)15-8-7-13(19-15)10-18-4/h5-9,16-17H,10H2,1-4H3. The molecule has 0 bridgehead atoms. The molecule has 102 valence electrons. The van der Waals surface area contributed by atoms with E-state index < -0.39 is 0 Å². The SMILES string of the molecule is CNC(c1ccc(COC)o1)c1cc(C)ccc1C. The average Bonchev–Trinajstić information content (AvgIpc) is 2.83. The Morgan fingerprint density at radius 3 is 2.68 bits per heavy atom. The molecule has 0 amide bonds. The maximum absolute atomic E-state index is 5.84. The lowest BCUT2D eigenvalue weighted by molar-refractivity contribution is 0.162. The number of aryl methyl sites for hydroxylation is 2. The molecule has 0 spiro atoms. The molecule has 1 N–H and O–H groups in total. The van der Waals surface area contributed by atoms with Crippen LogP contribution in [0.1, 0.15) is 34.3 Å². The Kier molecular flexibility index (Phi) is 4.40. The summed E-state index contributed by atoms with van der Waals surface area (Å²) in [5, 5.41) is 3.32. The van der Waals surface area contributed by atoms with Gasteiger partial charge in [0.1, 0.15) is 18.1 Å². The highest BCUT2D eigenvalue weighted by Gasteiger charge is 2.18. The molecule has 0 fully saturated rings. The Morgan fingerprint density at radius 1 is 1.21 bits per heavy atom. The van der Waals surface area contributed by atoms with Gasteiger partial charge in [-0.05, 0) is 44.2 Å². The summed E-state index contributed by atoms with van der Waals surface area (Å²) < 4.78 is 10.9. The largest absolute Gasteiger partial charge is 0.462 e. The first-order valence-electron chi connectivity index (χ1n) is 6.47. The number of nitrogens with one attached hydrogen (secondary N) is 1. The number of benzene rings is 1. The molecule has 0 saturated heterocycles. The fourth-order valence-electron chi connectivity index (χ4n) is 2.29. The molecular formula is C16H21NO2. The molecule has 0 radical (unpaired) electrons. The monoisotopic (exact) mass is 259 g/mol. The predicted octanol–water partition coefficient (Wildman–Crippen LogP) is 3.35. The van der Waals surface area contributed by atoms with E-state index in [2.05, 4.69) is 37.4 Å². The van der Waals surface area contributed by atoms with Gasteiger partial charge >= 0.3 is 0 Å². The number of hydrogen-bond acceptors (Lipinski definition) is 3. The molecule has 0 aliphatic rings. The minimum atomic E-state index is 0.0745. The summed E-state index contributed by atoms with van der Waals surface area (Å²) in [6.07, 6.45) is 0. The number of methoxy groups -OCH3 is 1. The van der Waals surface area contributed by atoms with Gasteiger partial charge in [0.05, 0.1) is 6.04 Å². The number of hydrogen-bond donors (Lipinski definition) is 1. The maximum atomic E-state index is 5.84. The summed E-state index contributed by atoms with van der Waals surface area (Å²) in [5.41, 5.74) is 3.76. The van der Waals surface area contributed by atoms with Crippen LogP contribution >= 0.6 is 0 Å². The Morgan fingerprint density at radius 2 is 2.00 bits per heavy atom. The van der Waals surface area contributed by atoms with Gasteiger partial charge in [0.2, 0.25) is 0 Å². The van der Waals surface area contributed by atoms with Gasteiger partial charge in [-0.1, -0.05) is 23.8 Å². The number of ether oxygens (including phenoxy) is 1. The topological polar surface area (TPSA) is 34.4 Å². The Bertz CT molecular complexity index is 545. The molecule has 1 heterocycles. The average molecular weight is 259 g/mol. The molecule has 2 rings (SSSR count). The van der Waals surface area contributed by atoms with Gasteiger partial charge in [-0.2, -0.15) is 0 Å². The van der Waals surface area contributed by atoms with E-state index >= 15 is 0 Å². The van der Waals surface area contributed by atoms with Crippen LogP contribution in [0.25, 0.3) is 0 Å². The van der Waals surface area contributed by atoms with Crippen molar-refractivity contribution in [1.29, 1.82) is 0 Å². The van der Waals surface area contributed by atoms with Crippen LogP contribution in [0.15, 0.2) is 34.7 Å². The van der Waals surface area contributed by atoms with Crippen molar-refractivity contribution in [3.63, 3.8) is 0 Å². The fraction of sp³-hybridized carbons (Fsp3) is 0.375. The van der Waals surface area contributed by atoms with Gasteiger partial charge in [-0.25, -0.2) is 0 Å². The second-order valence-corrected chi connectivity index (χ2v) is 4.82. The van der Waals surface area contributed by atoms with Crippen molar-refractivity contribution in [1.82, 2.24) is 5.32 Å². The van der Waals surface area contributed by atoms with Crippen molar-refractivity contribution < 1.29 is 9.15 Å². The summed E-state index contributed by atoms with van der Waals surface area (Å²) in [7, 11) is 3.62. The molecule has 3 nitrogen and oxygen atoms in total. The van der Waals surface area contributed by atoms with E-state index in [4.69, 9.17) is 9.15 Å². The Balaban J connectivity index is 2.35. The van der Waals surface area contributed by atoms with Crippen LogP contribution in [0.3, 0.4) is 0 Å². The highest BCUT2D eigenvalue weighted by atomic mass is 16.5. The third-order valence-corrected chi connectivity index (χ3v) is 3.29. The molecular weight excluding hydrogens is 238 g/mol. The van der Waals surface area contributed by atoms with Crippen molar-refractivity contribution in [2.75, 3.05) is 14.2 Å². The molecule has 2 aromatic rings. The molecule has 0 aliphatic carbocycles. The highest BCUT2D eigenvalue weighted by Crippen LogP contribution is 2.27. The first-order chi connectivity index (χ1) is 9.15. The fourth-order valence-corrected chi connectivity index (χ4v) is 2.29. The van der Waals surface area contributed by atoms with Crippen molar-refractivity contribution in [2.45, 2.75) is 26.5 Å². The minimum Gasteiger partial charge on any atom is -0.462 e. The second kappa shape index (κ2) is 6.04. The third kappa shape index (κ3) is 3.06. The van der Waals surface area contributed by atoms with Gasteiger partial charge in [-0.3, -0.25) is 0 Å². The van der Waals surface area contributed by atoms with Crippen LogP contribution in [0.5, 0.6) is 0 Å². The summed E-state index contributed by atoms with van der Waals surface area (Å²) in [5.74, 6) is 1.77. The van der Waals surface area contributed by atoms with Gasteiger partial charge in [0.25, 0.3) is 0 Å². The summed E-state index contributed by atoms with van der Waals surface area (Å²) in [6, 6.07) is 10.5. The molecule has 0 aliphatic heterocycles. The van der Waals surface area contributed by atoms with Gasteiger partial charge in [0.15, 0.2) is 0 Å². The van der Waals surface area contributed by atoms with Crippen LogP contribution in [0, 0.1) is 13.8 Å². The first kappa shape index (κ1) is 13.8. The number of furan rings is 1. The second-order valence-electron chi connectivity index (χ2n) is 4.82. The van der Waals surface area contributed by atoms with E-state index in [0.717, 1.165) is 11.5 Å². The summed E-state index contributed by atoms with van der Waals surface area (Å²) >= 11 is 0. The molecule has 0 saturated carbocycles. The molecule has 1 atom stereocenters. The lowest BCUT2D eigenvalue weighted by Gasteiger charge is -2.17. The van der Waals surface area contributed by atoms with E-state index in [-0.39, 0.29) is 6.04 Å². The predicted molar refractivity (Wildman–Crippen MR) is 76.2 cm³/mol. The zero-order valence-corrected chi connectivity index (χ0v) is 12.0. The lowest BCUT2D eigenvalue weighted by Crippen LogP contribution is -2.18. The van der Waals surface area contributed by atoms with Crippen LogP contribution in [-0.2, 0) is 11.3 Å². The Labute approximate surface area is 114 Å². The van der Waals surface area contributed by atoms with Crippen LogP contribution in [0.2, 0.25) is 0 Å². The van der Waals surface area contributed by atoms with Gasteiger partial charge < -0.3 is 14.5 Å². The minimum absolute atomic E-state index is 0.0745. The van der Waals surface area contributed by atoms with Crippen LogP contribution in [-0.4, -0.2) is 14.2 Å². The van der Waals surface area contributed by atoms with Crippen molar-refractivity contribution >= 4 is 0 Å². The smallest absolute Gasteiger partial charge is 0.129 e. The van der Waals surface area contributed by atoms with E-state index in [1.165, 1.54) is 16.7 Å². The zero-order chi connectivity index (χ0) is 13.8. The van der Waals surface area contributed by atoms with Gasteiger partial charge in [-0.15, -0.1) is 0 Å². The zero-order valence-electron chi connectivity index (χ0n) is 12.0. The molecule has 19 heavy (non-hydrogen) atoms. The van der Waals surface area contributed by atoms with Crippen LogP contribution < -0.4 is 5.32 Å². The summed E-state index contributed by atoms with van der Waals surface area (Å²) in [4.78, 5) is 0.